The number of nitrogens with one attached hydrogen (secondary N) is 1. The fourth-order valence-corrected chi connectivity index (χ4v) is 4.85. The van der Waals surface area contributed by atoms with Gasteiger partial charge in [-0.15, -0.1) is 0 Å². The number of fused-ring (bicyclic) bond motifs is 5. The van der Waals surface area contributed by atoms with E-state index in [-0.39, 0.29) is 5.82 Å². The van der Waals surface area contributed by atoms with Crippen LogP contribution in [0.4, 0.5) is 10.1 Å². The predicted octanol–water partition coefficient (Wildman–Crippen LogP) is 4.69. The van der Waals surface area contributed by atoms with Crippen molar-refractivity contribution in [2.45, 2.75) is 6.61 Å². The summed E-state index contributed by atoms with van der Waals surface area (Å²) in [6.45, 7) is 4.68. The average Bonchev–Trinajstić information content (AvgIpc) is 3.28. The minimum absolute atomic E-state index is 0.348. The molecule has 2 aromatic heterocycles. The number of aromatic amines is 1. The van der Waals surface area contributed by atoms with Crippen LogP contribution in [0.2, 0.25) is 0 Å². The highest BCUT2D eigenvalue weighted by Crippen LogP contribution is 2.45. The molecule has 1 fully saturated rings. The number of likely N-dealkylation sites (N-methyl/N-ethyl adjacent to an activating group) is 1. The lowest BCUT2D eigenvalue weighted by Crippen LogP contribution is -2.44. The molecule has 0 spiro atoms. The second-order valence-corrected chi connectivity index (χ2v) is 8.73. The molecular weight excluding hydrogens is 419 g/mol. The van der Waals surface area contributed by atoms with Crippen molar-refractivity contribution in [3.63, 3.8) is 0 Å². The van der Waals surface area contributed by atoms with Gasteiger partial charge in [0.15, 0.2) is 0 Å². The molecule has 0 amide bonds. The molecule has 2 aromatic carbocycles. The van der Waals surface area contributed by atoms with Crippen LogP contribution in [0.15, 0.2) is 48.8 Å². The van der Waals surface area contributed by atoms with Crippen LogP contribution < -0.4 is 14.4 Å². The zero-order valence-electron chi connectivity index (χ0n) is 18.7. The van der Waals surface area contributed by atoms with Gasteiger partial charge in [-0.3, -0.25) is 0 Å². The molecule has 2 aliphatic heterocycles. The van der Waals surface area contributed by atoms with Gasteiger partial charge in [-0.1, -0.05) is 6.07 Å². The summed E-state index contributed by atoms with van der Waals surface area (Å²) in [4.78, 5) is 12.6. The number of piperazine rings is 1. The first-order valence-electron chi connectivity index (χ1n) is 11.2. The molecule has 1 saturated heterocycles. The molecule has 168 valence electrons. The molecule has 6 nitrogen and oxygen atoms in total. The zero-order valence-corrected chi connectivity index (χ0v) is 18.7. The standard InChI is InChI=1S/C26H25FN4O2/c1-30-5-7-31(8-6-30)19-3-4-21-17(10-19)15-33-25-23(21)14-29-26-24(25)22(13-28-26)16-9-18(27)12-20(11-16)32-2/h3-4,9-14H,5-8,15H2,1-2H3,(H,28,29). The number of ether oxygens (including phenoxy) is 2. The molecule has 0 saturated carbocycles. The van der Waals surface area contributed by atoms with Crippen molar-refractivity contribution in [2.24, 2.45) is 0 Å². The highest BCUT2D eigenvalue weighted by Gasteiger charge is 2.25. The van der Waals surface area contributed by atoms with Crippen molar-refractivity contribution >= 4 is 16.7 Å². The van der Waals surface area contributed by atoms with Crippen LogP contribution in [0.3, 0.4) is 0 Å². The summed E-state index contributed by atoms with van der Waals surface area (Å²) >= 11 is 0. The Morgan fingerprint density at radius 3 is 2.70 bits per heavy atom. The molecule has 0 aliphatic carbocycles. The highest BCUT2D eigenvalue weighted by atomic mass is 19.1. The smallest absolute Gasteiger partial charge is 0.141 e. The van der Waals surface area contributed by atoms with Gasteiger partial charge in [0.1, 0.15) is 29.6 Å². The van der Waals surface area contributed by atoms with Crippen molar-refractivity contribution < 1.29 is 13.9 Å². The van der Waals surface area contributed by atoms with Crippen LogP contribution in [-0.4, -0.2) is 55.2 Å². The zero-order chi connectivity index (χ0) is 22.5. The topological polar surface area (TPSA) is 53.6 Å². The number of halogens is 1. The molecule has 33 heavy (non-hydrogen) atoms. The van der Waals surface area contributed by atoms with E-state index in [0.717, 1.165) is 59.6 Å². The maximum Gasteiger partial charge on any atom is 0.141 e. The van der Waals surface area contributed by atoms with E-state index in [1.807, 2.05) is 18.5 Å². The number of anilines is 1. The van der Waals surface area contributed by atoms with E-state index in [1.54, 1.807) is 0 Å². The molecule has 4 aromatic rings. The first-order chi connectivity index (χ1) is 16.1. The molecule has 0 bridgehead atoms. The van der Waals surface area contributed by atoms with Crippen LogP contribution in [0.5, 0.6) is 11.5 Å². The van der Waals surface area contributed by atoms with E-state index in [2.05, 4.69) is 45.0 Å². The maximum absolute atomic E-state index is 14.2. The van der Waals surface area contributed by atoms with Gasteiger partial charge < -0.3 is 24.3 Å². The Morgan fingerprint density at radius 1 is 1.03 bits per heavy atom. The molecule has 1 N–H and O–H groups in total. The van der Waals surface area contributed by atoms with Crippen molar-refractivity contribution in [3.05, 3.63) is 60.2 Å². The van der Waals surface area contributed by atoms with E-state index in [9.17, 15) is 4.39 Å². The van der Waals surface area contributed by atoms with Crippen molar-refractivity contribution in [1.29, 1.82) is 0 Å². The summed E-state index contributed by atoms with van der Waals surface area (Å²) < 4.78 is 25.8. The lowest BCUT2D eigenvalue weighted by Gasteiger charge is -2.34. The first kappa shape index (κ1) is 20.1. The maximum atomic E-state index is 14.2. The highest BCUT2D eigenvalue weighted by molar-refractivity contribution is 6.02. The Labute approximate surface area is 191 Å². The van der Waals surface area contributed by atoms with Gasteiger partial charge in [-0.05, 0) is 48.0 Å². The van der Waals surface area contributed by atoms with Gasteiger partial charge in [0.25, 0.3) is 0 Å². The quantitative estimate of drug-likeness (QED) is 0.497. The van der Waals surface area contributed by atoms with Gasteiger partial charge in [0.2, 0.25) is 0 Å². The van der Waals surface area contributed by atoms with Crippen LogP contribution in [0.1, 0.15) is 5.56 Å². The van der Waals surface area contributed by atoms with Crippen LogP contribution in [-0.2, 0) is 6.61 Å². The number of H-pyrrole nitrogens is 1. The Balaban J connectivity index is 1.44. The number of hydrogen-bond donors (Lipinski definition) is 1. The van der Waals surface area contributed by atoms with E-state index < -0.39 is 0 Å². The average molecular weight is 445 g/mol. The first-order valence-corrected chi connectivity index (χ1v) is 11.2. The fraction of sp³-hybridized carbons (Fsp3) is 0.269. The monoisotopic (exact) mass is 444 g/mol. The summed E-state index contributed by atoms with van der Waals surface area (Å²) in [5, 5.41) is 0.856. The fourth-order valence-electron chi connectivity index (χ4n) is 4.85. The summed E-state index contributed by atoms with van der Waals surface area (Å²) in [6.07, 6.45) is 3.71. The van der Waals surface area contributed by atoms with Gasteiger partial charge >= 0.3 is 0 Å². The third kappa shape index (κ3) is 3.40. The van der Waals surface area contributed by atoms with Gasteiger partial charge in [-0.2, -0.15) is 0 Å². The lowest BCUT2D eigenvalue weighted by molar-refractivity contribution is 0.305. The molecule has 0 unspecified atom stereocenters. The van der Waals surface area contributed by atoms with E-state index in [0.29, 0.717) is 23.6 Å². The molecule has 2 aliphatic rings. The molecule has 0 atom stereocenters. The molecule has 6 rings (SSSR count). The summed E-state index contributed by atoms with van der Waals surface area (Å²) in [5.74, 6) is 0.901. The molecule has 0 radical (unpaired) electrons. The Morgan fingerprint density at radius 2 is 1.88 bits per heavy atom. The number of methoxy groups -OCH3 is 1. The SMILES string of the molecule is COc1cc(F)cc(-c2c[nH]c3ncc4c(c23)OCc2cc(N3CCN(C)CC3)ccc2-4)c1. The Hall–Kier alpha value is -3.58. The normalized spacial score (nSPS) is 15.8. The Kier molecular flexibility index (Phi) is 4.73. The summed E-state index contributed by atoms with van der Waals surface area (Å²) in [5.41, 5.74) is 6.74. The van der Waals surface area contributed by atoms with Crippen LogP contribution >= 0.6 is 0 Å². The number of hydrogen-bond acceptors (Lipinski definition) is 5. The second-order valence-electron chi connectivity index (χ2n) is 8.73. The van der Waals surface area contributed by atoms with Crippen LogP contribution in [0.25, 0.3) is 33.3 Å². The largest absolute Gasteiger partial charge is 0.497 e. The number of rotatable bonds is 3. The molecular formula is C26H25FN4O2. The number of pyridine rings is 1. The molecule has 4 heterocycles. The summed E-state index contributed by atoms with van der Waals surface area (Å²) in [6, 6.07) is 11.3. The second kappa shape index (κ2) is 7.78. The van der Waals surface area contributed by atoms with E-state index >= 15 is 0 Å². The number of benzene rings is 2. The molecule has 7 heteroatoms. The van der Waals surface area contributed by atoms with Crippen molar-refractivity contribution in [3.8, 4) is 33.8 Å². The van der Waals surface area contributed by atoms with Crippen molar-refractivity contribution in [2.75, 3.05) is 45.2 Å². The van der Waals surface area contributed by atoms with Gasteiger partial charge in [0, 0.05) is 61.5 Å². The third-order valence-electron chi connectivity index (χ3n) is 6.69. The summed E-state index contributed by atoms with van der Waals surface area (Å²) in [7, 11) is 3.70. The third-order valence-corrected chi connectivity index (χ3v) is 6.69. The Bertz CT molecular complexity index is 1360. The lowest BCUT2D eigenvalue weighted by atomic mass is 9.95. The number of nitrogens with zero attached hydrogens (tertiary/aromatic N) is 3. The minimum Gasteiger partial charge on any atom is -0.497 e. The van der Waals surface area contributed by atoms with Gasteiger partial charge in [0.05, 0.1) is 12.5 Å². The van der Waals surface area contributed by atoms with E-state index in [4.69, 9.17) is 9.47 Å². The van der Waals surface area contributed by atoms with E-state index in [1.165, 1.54) is 24.9 Å². The number of aromatic nitrogens is 2. The predicted molar refractivity (Wildman–Crippen MR) is 128 cm³/mol. The van der Waals surface area contributed by atoms with Crippen LogP contribution in [0, 0.1) is 5.82 Å². The minimum atomic E-state index is -0.348. The van der Waals surface area contributed by atoms with Crippen molar-refractivity contribution in [1.82, 2.24) is 14.9 Å². The van der Waals surface area contributed by atoms with Gasteiger partial charge in [-0.25, -0.2) is 9.37 Å².